The molecule has 1 unspecified atom stereocenters. The van der Waals surface area contributed by atoms with E-state index >= 15 is 0 Å². The fourth-order valence-electron chi connectivity index (χ4n) is 1.31. The van der Waals surface area contributed by atoms with Crippen molar-refractivity contribution in [1.82, 2.24) is 9.97 Å². The van der Waals surface area contributed by atoms with Gasteiger partial charge >= 0.3 is 5.97 Å². The Morgan fingerprint density at radius 1 is 1.41 bits per heavy atom. The second kappa shape index (κ2) is 5.72. The van der Waals surface area contributed by atoms with Crippen LogP contribution in [0.3, 0.4) is 0 Å². The number of ether oxygens (including phenoxy) is 1. The molecule has 1 aromatic rings. The van der Waals surface area contributed by atoms with Gasteiger partial charge in [-0.1, -0.05) is 6.92 Å². The summed E-state index contributed by atoms with van der Waals surface area (Å²) in [5, 5.41) is 0. The molecule has 0 fully saturated rings. The van der Waals surface area contributed by atoms with E-state index in [4.69, 9.17) is 0 Å². The summed E-state index contributed by atoms with van der Waals surface area (Å²) in [5.74, 6) is -1.53. The van der Waals surface area contributed by atoms with Gasteiger partial charge < -0.3 is 4.74 Å². The zero-order valence-corrected chi connectivity index (χ0v) is 10.5. The molecule has 0 aliphatic heterocycles. The molecule has 0 saturated heterocycles. The van der Waals surface area contributed by atoms with Gasteiger partial charge in [-0.05, 0) is 6.07 Å². The van der Waals surface area contributed by atoms with Crippen LogP contribution in [-0.2, 0) is 25.1 Å². The fraction of sp³-hybridized carbons (Fsp3) is 0.500. The van der Waals surface area contributed by atoms with Gasteiger partial charge in [0.1, 0.15) is 11.6 Å². The van der Waals surface area contributed by atoms with Crippen LogP contribution in [0.15, 0.2) is 18.5 Å². The molecule has 0 bridgehead atoms. The lowest BCUT2D eigenvalue weighted by atomic mass is 10.2. The first-order valence-corrected chi connectivity index (χ1v) is 6.81. The van der Waals surface area contributed by atoms with Crippen molar-refractivity contribution in [2.45, 2.75) is 12.7 Å². The van der Waals surface area contributed by atoms with Crippen molar-refractivity contribution in [3.63, 3.8) is 0 Å². The van der Waals surface area contributed by atoms with E-state index in [0.29, 0.717) is 0 Å². The van der Waals surface area contributed by atoms with Crippen LogP contribution >= 0.6 is 0 Å². The number of esters is 1. The predicted molar refractivity (Wildman–Crippen MR) is 60.7 cm³/mol. The van der Waals surface area contributed by atoms with Crippen LogP contribution in [0.2, 0.25) is 0 Å². The van der Waals surface area contributed by atoms with E-state index in [1.807, 2.05) is 0 Å². The van der Waals surface area contributed by atoms with Gasteiger partial charge in [0.25, 0.3) is 0 Å². The number of rotatable bonds is 5. The Bertz CT molecular complexity index is 472. The number of hydrogen-bond donors (Lipinski definition) is 0. The average Bonchev–Trinajstić information content (AvgIpc) is 2.27. The van der Waals surface area contributed by atoms with Gasteiger partial charge in [-0.3, -0.25) is 4.79 Å². The van der Waals surface area contributed by atoms with E-state index in [1.165, 1.54) is 26.4 Å². The van der Waals surface area contributed by atoms with Crippen LogP contribution in [0.1, 0.15) is 12.7 Å². The SMILES string of the molecule is COC(=O)C(C)CS(=O)(=O)Cc1ncccn1. The number of sulfone groups is 1. The normalized spacial score (nSPS) is 13.1. The minimum atomic E-state index is -3.41. The standard InChI is InChI=1S/C10H14N2O4S/c1-8(10(13)16-2)6-17(14,15)7-9-11-4-3-5-12-9/h3-5,8H,6-7H2,1-2H3. The summed E-state index contributed by atoms with van der Waals surface area (Å²) in [6, 6.07) is 1.60. The molecule has 0 amide bonds. The fourth-order valence-corrected chi connectivity index (χ4v) is 2.87. The van der Waals surface area contributed by atoms with Crippen molar-refractivity contribution in [3.05, 3.63) is 24.3 Å². The zero-order chi connectivity index (χ0) is 12.9. The van der Waals surface area contributed by atoms with Gasteiger partial charge in [-0.25, -0.2) is 18.4 Å². The smallest absolute Gasteiger partial charge is 0.309 e. The lowest BCUT2D eigenvalue weighted by Gasteiger charge is -2.09. The Labute approximate surface area is 100.0 Å². The van der Waals surface area contributed by atoms with Gasteiger partial charge in [0, 0.05) is 12.4 Å². The van der Waals surface area contributed by atoms with Gasteiger partial charge in [0.05, 0.1) is 18.8 Å². The summed E-state index contributed by atoms with van der Waals surface area (Å²) in [5.41, 5.74) is 0. The summed E-state index contributed by atoms with van der Waals surface area (Å²) >= 11 is 0. The molecular weight excluding hydrogens is 244 g/mol. The molecule has 1 aromatic heterocycles. The zero-order valence-electron chi connectivity index (χ0n) is 9.66. The first-order chi connectivity index (χ1) is 7.94. The first kappa shape index (κ1) is 13.6. The first-order valence-electron chi connectivity index (χ1n) is 4.99. The second-order valence-corrected chi connectivity index (χ2v) is 5.75. The number of methoxy groups -OCH3 is 1. The minimum absolute atomic E-state index is 0.226. The summed E-state index contributed by atoms with van der Waals surface area (Å²) in [7, 11) is -2.19. The number of aromatic nitrogens is 2. The highest BCUT2D eigenvalue weighted by atomic mass is 32.2. The molecule has 1 rings (SSSR count). The number of carbonyl (C=O) groups excluding carboxylic acids is 1. The van der Waals surface area contributed by atoms with Crippen molar-refractivity contribution < 1.29 is 17.9 Å². The third kappa shape index (κ3) is 4.48. The van der Waals surface area contributed by atoms with Crippen molar-refractivity contribution in [3.8, 4) is 0 Å². The summed E-state index contributed by atoms with van der Waals surface area (Å²) in [6.45, 7) is 1.51. The summed E-state index contributed by atoms with van der Waals surface area (Å²) in [4.78, 5) is 18.8. The highest BCUT2D eigenvalue weighted by molar-refractivity contribution is 7.90. The Hall–Kier alpha value is -1.50. The van der Waals surface area contributed by atoms with E-state index in [2.05, 4.69) is 14.7 Å². The van der Waals surface area contributed by atoms with Gasteiger partial charge in [-0.2, -0.15) is 0 Å². The maximum Gasteiger partial charge on any atom is 0.309 e. The van der Waals surface area contributed by atoms with Crippen LogP contribution in [0.4, 0.5) is 0 Å². The van der Waals surface area contributed by atoms with Crippen molar-refractivity contribution >= 4 is 15.8 Å². The third-order valence-electron chi connectivity index (χ3n) is 2.08. The lowest BCUT2D eigenvalue weighted by molar-refractivity contribution is -0.144. The monoisotopic (exact) mass is 258 g/mol. The van der Waals surface area contributed by atoms with Crippen LogP contribution in [-0.4, -0.2) is 37.2 Å². The van der Waals surface area contributed by atoms with E-state index in [0.717, 1.165) is 0 Å². The molecule has 6 nitrogen and oxygen atoms in total. The molecular formula is C10H14N2O4S. The van der Waals surface area contributed by atoms with E-state index in [-0.39, 0.29) is 17.3 Å². The van der Waals surface area contributed by atoms with Crippen LogP contribution in [0.5, 0.6) is 0 Å². The van der Waals surface area contributed by atoms with Crippen LogP contribution in [0.25, 0.3) is 0 Å². The van der Waals surface area contributed by atoms with E-state index in [9.17, 15) is 13.2 Å². The van der Waals surface area contributed by atoms with Gasteiger partial charge in [-0.15, -0.1) is 0 Å². The van der Waals surface area contributed by atoms with Crippen molar-refractivity contribution in [2.24, 2.45) is 5.92 Å². The number of carbonyl (C=O) groups is 1. The molecule has 0 aliphatic carbocycles. The molecule has 0 saturated carbocycles. The highest BCUT2D eigenvalue weighted by Crippen LogP contribution is 2.07. The van der Waals surface area contributed by atoms with Crippen molar-refractivity contribution in [2.75, 3.05) is 12.9 Å². The van der Waals surface area contributed by atoms with E-state index < -0.39 is 21.7 Å². The second-order valence-electron chi connectivity index (χ2n) is 3.64. The summed E-state index contributed by atoms with van der Waals surface area (Å²) < 4.78 is 28.0. The number of hydrogen-bond acceptors (Lipinski definition) is 6. The molecule has 94 valence electrons. The van der Waals surface area contributed by atoms with Gasteiger partial charge in [0.15, 0.2) is 9.84 Å². The molecule has 0 spiro atoms. The molecule has 0 aliphatic rings. The summed E-state index contributed by atoms with van der Waals surface area (Å²) in [6.07, 6.45) is 2.95. The predicted octanol–water partition coefficient (Wildman–Crippen LogP) is 0.200. The lowest BCUT2D eigenvalue weighted by Crippen LogP contribution is -2.23. The molecule has 7 heteroatoms. The molecule has 0 aromatic carbocycles. The van der Waals surface area contributed by atoms with Crippen LogP contribution in [0, 0.1) is 5.92 Å². The minimum Gasteiger partial charge on any atom is -0.469 e. The molecule has 1 heterocycles. The molecule has 0 N–H and O–H groups in total. The Morgan fingerprint density at radius 3 is 2.53 bits per heavy atom. The molecule has 1 atom stereocenters. The highest BCUT2D eigenvalue weighted by Gasteiger charge is 2.23. The molecule has 0 radical (unpaired) electrons. The topological polar surface area (TPSA) is 86.2 Å². The van der Waals surface area contributed by atoms with Crippen molar-refractivity contribution in [1.29, 1.82) is 0 Å². The largest absolute Gasteiger partial charge is 0.469 e. The average molecular weight is 258 g/mol. The van der Waals surface area contributed by atoms with Gasteiger partial charge in [0.2, 0.25) is 0 Å². The third-order valence-corrected chi connectivity index (χ3v) is 3.78. The maximum absolute atomic E-state index is 11.7. The molecule has 17 heavy (non-hydrogen) atoms. The Balaban J connectivity index is 2.67. The Morgan fingerprint density at radius 2 is 2.00 bits per heavy atom. The Kier molecular flexibility index (Phi) is 4.56. The van der Waals surface area contributed by atoms with Crippen LogP contribution < -0.4 is 0 Å². The van der Waals surface area contributed by atoms with E-state index in [1.54, 1.807) is 6.07 Å². The number of nitrogens with zero attached hydrogens (tertiary/aromatic N) is 2. The maximum atomic E-state index is 11.7. The quantitative estimate of drug-likeness (QED) is 0.701.